The zero-order chi connectivity index (χ0) is 13.8. The number of aliphatic hydroxyl groups excluding tert-OH is 1. The Labute approximate surface area is 113 Å². The molecule has 1 aromatic carbocycles. The summed E-state index contributed by atoms with van der Waals surface area (Å²) in [5.74, 6) is 1.34. The van der Waals surface area contributed by atoms with Crippen LogP contribution in [-0.4, -0.2) is 22.2 Å². The lowest BCUT2D eigenvalue weighted by Gasteiger charge is -2.10. The van der Waals surface area contributed by atoms with Crippen LogP contribution in [0.2, 0.25) is 0 Å². The maximum absolute atomic E-state index is 9.17. The van der Waals surface area contributed by atoms with E-state index in [4.69, 9.17) is 4.74 Å². The summed E-state index contributed by atoms with van der Waals surface area (Å²) in [5.41, 5.74) is 3.83. The summed E-state index contributed by atoms with van der Waals surface area (Å²) >= 11 is 0. The Hall–Kier alpha value is -1.94. The van der Waals surface area contributed by atoms with Gasteiger partial charge in [-0.15, -0.1) is 0 Å². The molecule has 100 valence electrons. The van der Waals surface area contributed by atoms with E-state index in [0.29, 0.717) is 5.82 Å². The van der Waals surface area contributed by atoms with Crippen LogP contribution in [0.1, 0.15) is 24.0 Å². The molecule has 1 aromatic heterocycles. The highest BCUT2D eigenvalue weighted by Gasteiger charge is 2.07. The number of nitrogens with zero attached hydrogens (tertiary/aromatic N) is 2. The molecule has 0 aliphatic rings. The second-order valence-electron chi connectivity index (χ2n) is 4.35. The van der Waals surface area contributed by atoms with Crippen LogP contribution < -0.4 is 4.74 Å². The third kappa shape index (κ3) is 2.90. The van der Waals surface area contributed by atoms with Crippen molar-refractivity contribution in [3.63, 3.8) is 0 Å². The van der Waals surface area contributed by atoms with Crippen molar-refractivity contribution in [2.45, 2.75) is 26.9 Å². The molecule has 1 heterocycles. The average molecular weight is 258 g/mol. The Bertz CT molecular complexity index is 582. The molecular formula is C15H18N2O2. The molecule has 0 aliphatic heterocycles. The molecule has 0 unspecified atom stereocenters. The molecule has 2 rings (SSSR count). The van der Waals surface area contributed by atoms with E-state index in [9.17, 15) is 5.11 Å². The molecule has 2 aromatic rings. The van der Waals surface area contributed by atoms with Gasteiger partial charge in [-0.05, 0) is 43.2 Å². The molecule has 0 spiro atoms. The van der Waals surface area contributed by atoms with Gasteiger partial charge in [-0.3, -0.25) is 0 Å². The van der Waals surface area contributed by atoms with Gasteiger partial charge in [-0.1, -0.05) is 6.92 Å². The van der Waals surface area contributed by atoms with Gasteiger partial charge in [0, 0.05) is 11.3 Å². The molecule has 1 N–H and O–H groups in total. The van der Waals surface area contributed by atoms with Crippen LogP contribution in [0, 0.1) is 6.92 Å². The van der Waals surface area contributed by atoms with Gasteiger partial charge in [0.2, 0.25) is 0 Å². The predicted octanol–water partition coefficient (Wildman–Crippen LogP) is 2.52. The van der Waals surface area contributed by atoms with E-state index >= 15 is 0 Å². The summed E-state index contributed by atoms with van der Waals surface area (Å²) in [6, 6.07) is 7.91. The number of hydrogen-bond acceptors (Lipinski definition) is 4. The molecule has 4 nitrogen and oxygen atoms in total. The average Bonchev–Trinajstić information content (AvgIpc) is 2.45. The van der Waals surface area contributed by atoms with Crippen molar-refractivity contribution >= 4 is 0 Å². The van der Waals surface area contributed by atoms with Gasteiger partial charge >= 0.3 is 0 Å². The van der Waals surface area contributed by atoms with E-state index in [-0.39, 0.29) is 6.61 Å². The van der Waals surface area contributed by atoms with Gasteiger partial charge in [-0.25, -0.2) is 9.97 Å². The second-order valence-corrected chi connectivity index (χ2v) is 4.35. The second kappa shape index (κ2) is 5.80. The first-order chi connectivity index (χ1) is 9.17. The Balaban J connectivity index is 2.49. The Morgan fingerprint density at radius 1 is 1.21 bits per heavy atom. The van der Waals surface area contributed by atoms with E-state index in [1.54, 1.807) is 7.11 Å². The van der Waals surface area contributed by atoms with Gasteiger partial charge in [0.25, 0.3) is 0 Å². The van der Waals surface area contributed by atoms with Crippen LogP contribution in [-0.2, 0) is 13.0 Å². The molecule has 19 heavy (non-hydrogen) atoms. The lowest BCUT2D eigenvalue weighted by atomic mass is 10.0. The fraction of sp³-hybridized carbons (Fsp3) is 0.333. The van der Waals surface area contributed by atoms with Crippen molar-refractivity contribution in [1.82, 2.24) is 9.97 Å². The highest BCUT2D eigenvalue weighted by molar-refractivity contribution is 5.62. The molecule has 0 aliphatic carbocycles. The number of aryl methyl sites for hydroxylation is 2. The molecule has 0 fully saturated rings. The fourth-order valence-corrected chi connectivity index (χ4v) is 2.06. The van der Waals surface area contributed by atoms with Gasteiger partial charge in [0.1, 0.15) is 12.4 Å². The van der Waals surface area contributed by atoms with Gasteiger partial charge in [0.15, 0.2) is 5.82 Å². The molecule has 0 amide bonds. The maximum atomic E-state index is 9.17. The SMILES string of the molecule is CCc1cc(-c2cc(C)nc(CO)n2)ccc1OC. The maximum Gasteiger partial charge on any atom is 0.154 e. The molecule has 0 atom stereocenters. The van der Waals surface area contributed by atoms with Crippen molar-refractivity contribution in [2.24, 2.45) is 0 Å². The standard InChI is InChI=1S/C15H18N2O2/c1-4-11-8-12(5-6-14(11)19-3)13-7-10(2)16-15(9-18)17-13/h5-8,18H,4,9H2,1-3H3. The van der Waals surface area contributed by atoms with Crippen LogP contribution in [0.4, 0.5) is 0 Å². The van der Waals surface area contributed by atoms with E-state index in [1.165, 1.54) is 0 Å². The lowest BCUT2D eigenvalue weighted by Crippen LogP contribution is -1.99. The monoisotopic (exact) mass is 258 g/mol. The molecule has 0 bridgehead atoms. The summed E-state index contributed by atoms with van der Waals surface area (Å²) in [7, 11) is 1.67. The highest BCUT2D eigenvalue weighted by atomic mass is 16.5. The third-order valence-electron chi connectivity index (χ3n) is 3.00. The summed E-state index contributed by atoms with van der Waals surface area (Å²) < 4.78 is 5.32. The van der Waals surface area contributed by atoms with Gasteiger partial charge in [-0.2, -0.15) is 0 Å². The van der Waals surface area contributed by atoms with E-state index in [2.05, 4.69) is 23.0 Å². The normalized spacial score (nSPS) is 10.5. The van der Waals surface area contributed by atoms with Crippen LogP contribution in [0.15, 0.2) is 24.3 Å². The smallest absolute Gasteiger partial charge is 0.154 e. The predicted molar refractivity (Wildman–Crippen MR) is 74.1 cm³/mol. The van der Waals surface area contributed by atoms with Gasteiger partial charge < -0.3 is 9.84 Å². The molecular weight excluding hydrogens is 240 g/mol. The van der Waals surface area contributed by atoms with E-state index < -0.39 is 0 Å². The number of ether oxygens (including phenoxy) is 1. The van der Waals surface area contributed by atoms with Crippen molar-refractivity contribution in [3.05, 3.63) is 41.3 Å². The first-order valence-electron chi connectivity index (χ1n) is 6.30. The molecule has 0 saturated carbocycles. The molecule has 4 heteroatoms. The number of rotatable bonds is 4. The van der Waals surface area contributed by atoms with E-state index in [0.717, 1.165) is 34.7 Å². The number of aliphatic hydroxyl groups is 1. The number of hydrogen-bond donors (Lipinski definition) is 1. The van der Waals surface area contributed by atoms with Crippen molar-refractivity contribution < 1.29 is 9.84 Å². The summed E-state index contributed by atoms with van der Waals surface area (Å²) in [6.07, 6.45) is 0.897. The summed E-state index contributed by atoms with van der Waals surface area (Å²) in [4.78, 5) is 8.52. The van der Waals surface area contributed by atoms with Crippen molar-refractivity contribution in [3.8, 4) is 17.0 Å². The lowest BCUT2D eigenvalue weighted by molar-refractivity contribution is 0.271. The summed E-state index contributed by atoms with van der Waals surface area (Å²) in [5, 5.41) is 9.17. The zero-order valence-electron chi connectivity index (χ0n) is 11.5. The van der Waals surface area contributed by atoms with Crippen molar-refractivity contribution in [1.29, 1.82) is 0 Å². The Morgan fingerprint density at radius 3 is 2.63 bits per heavy atom. The first-order valence-corrected chi connectivity index (χ1v) is 6.30. The zero-order valence-corrected chi connectivity index (χ0v) is 11.5. The van der Waals surface area contributed by atoms with Crippen LogP contribution >= 0.6 is 0 Å². The largest absolute Gasteiger partial charge is 0.496 e. The minimum atomic E-state index is -0.147. The Kier molecular flexibility index (Phi) is 4.12. The number of benzene rings is 1. The first kappa shape index (κ1) is 13.5. The van der Waals surface area contributed by atoms with Crippen LogP contribution in [0.3, 0.4) is 0 Å². The number of aromatic nitrogens is 2. The number of methoxy groups -OCH3 is 1. The van der Waals surface area contributed by atoms with Crippen molar-refractivity contribution in [2.75, 3.05) is 7.11 Å². The summed E-state index contributed by atoms with van der Waals surface area (Å²) in [6.45, 7) is 3.84. The minimum Gasteiger partial charge on any atom is -0.496 e. The van der Waals surface area contributed by atoms with Gasteiger partial charge in [0.05, 0.1) is 12.8 Å². The Morgan fingerprint density at radius 2 is 2.00 bits per heavy atom. The minimum absolute atomic E-state index is 0.147. The molecule has 0 saturated heterocycles. The van der Waals surface area contributed by atoms with Crippen LogP contribution in [0.5, 0.6) is 5.75 Å². The van der Waals surface area contributed by atoms with E-state index in [1.807, 2.05) is 25.1 Å². The fourth-order valence-electron chi connectivity index (χ4n) is 2.06. The topological polar surface area (TPSA) is 55.2 Å². The van der Waals surface area contributed by atoms with Crippen LogP contribution in [0.25, 0.3) is 11.3 Å². The molecule has 0 radical (unpaired) electrons. The highest BCUT2D eigenvalue weighted by Crippen LogP contribution is 2.26. The third-order valence-corrected chi connectivity index (χ3v) is 3.00. The quantitative estimate of drug-likeness (QED) is 0.915.